The van der Waals surface area contributed by atoms with Crippen LogP contribution in [0.4, 0.5) is 0 Å². The molecule has 1 fully saturated rings. The third kappa shape index (κ3) is 6.35. The number of ether oxygens (including phenoxy) is 1. The maximum atomic E-state index is 10.8. The van der Waals surface area contributed by atoms with Gasteiger partial charge in [-0.1, -0.05) is 12.1 Å². The first-order valence-corrected chi connectivity index (χ1v) is 12.6. The minimum atomic E-state index is 0.226. The third-order valence-corrected chi connectivity index (χ3v) is 6.85. The van der Waals surface area contributed by atoms with Crippen LogP contribution in [0.3, 0.4) is 0 Å². The Balaban J connectivity index is 0.00000141. The van der Waals surface area contributed by atoms with Gasteiger partial charge in [-0.15, -0.1) is 11.3 Å². The van der Waals surface area contributed by atoms with Gasteiger partial charge >= 0.3 is 25.2 Å². The summed E-state index contributed by atoms with van der Waals surface area (Å²) >= 11 is 5.32. The van der Waals surface area contributed by atoms with Gasteiger partial charge in [-0.3, -0.25) is 4.90 Å². The van der Waals surface area contributed by atoms with Gasteiger partial charge in [0.15, 0.2) is 11.5 Å². The topological polar surface area (TPSA) is 52.1 Å². The molecular weight excluding hydrogens is 495 g/mol. The standard InChI is InChI=1S/C23H30N4O2S.ClH.Cu/c1-25-8-9-26(2)11-13-27(12-10-25)16-18-14-17(15-20(29-3)22(18)28)23-24-19-6-4-5-7-21(19)30-23;;/h4-7,14-15,28H,8-13,16H2,1-3H3;1H;/q;;+1/p-1. The summed E-state index contributed by atoms with van der Waals surface area (Å²) in [6.07, 6.45) is 0. The molecular formula is C23H30ClCuN4O2S. The molecule has 2 aromatic carbocycles. The molecule has 0 saturated carbocycles. The zero-order chi connectivity index (χ0) is 23.1. The molecule has 178 valence electrons. The number of thiazole rings is 1. The number of fused-ring (bicyclic) bond motifs is 1. The van der Waals surface area contributed by atoms with Crippen molar-refractivity contribution in [2.24, 2.45) is 0 Å². The number of hydrogen-bond acceptors (Lipinski definition) is 7. The van der Waals surface area contributed by atoms with Gasteiger partial charge in [-0.05, 0) is 38.4 Å². The molecule has 32 heavy (non-hydrogen) atoms. The average Bonchev–Trinajstić information content (AvgIpc) is 3.27. The van der Waals surface area contributed by atoms with Crippen molar-refractivity contribution >= 4 is 31.7 Å². The van der Waals surface area contributed by atoms with Crippen LogP contribution < -0.4 is 4.74 Å². The molecule has 0 unspecified atom stereocenters. The fraction of sp³-hybridized carbons (Fsp3) is 0.435. The normalized spacial score (nSPS) is 16.7. The molecule has 1 saturated heterocycles. The number of halogens is 1. The summed E-state index contributed by atoms with van der Waals surface area (Å²) in [6, 6.07) is 12.1. The van der Waals surface area contributed by atoms with Gasteiger partial charge in [0.05, 0.1) is 17.3 Å². The molecule has 1 aliphatic rings. The Morgan fingerprint density at radius 2 is 1.66 bits per heavy atom. The molecule has 1 aliphatic heterocycles. The van der Waals surface area contributed by atoms with Gasteiger partial charge in [-0.2, -0.15) is 0 Å². The summed E-state index contributed by atoms with van der Waals surface area (Å²) in [7, 11) is 10.1. The second-order valence-electron chi connectivity index (χ2n) is 8.06. The summed E-state index contributed by atoms with van der Waals surface area (Å²) in [5.41, 5.74) is 2.87. The number of phenolic OH excluding ortho intramolecular Hbond substituents is 1. The van der Waals surface area contributed by atoms with Crippen LogP contribution in [-0.2, 0) is 21.6 Å². The summed E-state index contributed by atoms with van der Waals surface area (Å²) in [4.78, 5) is 11.9. The number of aromatic nitrogens is 1. The molecule has 0 spiro atoms. The van der Waals surface area contributed by atoms with Crippen molar-refractivity contribution in [3.63, 3.8) is 0 Å². The fourth-order valence-electron chi connectivity index (χ4n) is 3.76. The number of hydrogen-bond donors (Lipinski definition) is 1. The number of likely N-dealkylation sites (N-methyl/N-ethyl adjacent to an activating group) is 2. The van der Waals surface area contributed by atoms with Crippen LogP contribution in [0.1, 0.15) is 5.56 Å². The SMILES string of the molecule is COc1cc(-c2nc3ccccc3s2)cc(CN2CCN(C)CCN(C)CC2)c1O.[Cl][Cu]. The van der Waals surface area contributed by atoms with Crippen LogP contribution in [0.15, 0.2) is 36.4 Å². The van der Waals surface area contributed by atoms with E-state index >= 15 is 0 Å². The average molecular weight is 526 g/mol. The van der Waals surface area contributed by atoms with E-state index in [0.29, 0.717) is 12.3 Å². The fourth-order valence-corrected chi connectivity index (χ4v) is 4.71. The molecule has 9 heteroatoms. The van der Waals surface area contributed by atoms with Crippen molar-refractivity contribution in [2.75, 3.05) is 60.5 Å². The van der Waals surface area contributed by atoms with E-state index in [0.717, 1.165) is 65.6 Å². The molecule has 0 radical (unpaired) electrons. The summed E-state index contributed by atoms with van der Waals surface area (Å²) in [5, 5.41) is 11.8. The summed E-state index contributed by atoms with van der Waals surface area (Å²) < 4.78 is 6.66. The number of para-hydroxylation sites is 1. The third-order valence-electron chi connectivity index (χ3n) is 5.77. The van der Waals surface area contributed by atoms with Crippen LogP contribution in [-0.4, -0.2) is 85.3 Å². The van der Waals surface area contributed by atoms with Crippen LogP contribution in [0, 0.1) is 0 Å². The number of rotatable bonds is 4. The van der Waals surface area contributed by atoms with E-state index in [-0.39, 0.29) is 5.75 Å². The van der Waals surface area contributed by atoms with E-state index < -0.39 is 0 Å². The van der Waals surface area contributed by atoms with Crippen LogP contribution in [0.5, 0.6) is 11.5 Å². The molecule has 6 nitrogen and oxygen atoms in total. The first-order valence-electron chi connectivity index (χ1n) is 10.5. The van der Waals surface area contributed by atoms with Gasteiger partial charge < -0.3 is 19.6 Å². The summed E-state index contributed by atoms with van der Waals surface area (Å²) in [6.45, 7) is 6.82. The molecule has 4 rings (SSSR count). The first kappa shape index (κ1) is 25.2. The zero-order valence-electron chi connectivity index (χ0n) is 18.6. The van der Waals surface area contributed by atoms with Gasteiger partial charge in [-0.25, -0.2) is 4.98 Å². The Labute approximate surface area is 206 Å². The molecule has 0 atom stereocenters. The molecule has 0 aliphatic carbocycles. The monoisotopic (exact) mass is 524 g/mol. The van der Waals surface area contributed by atoms with E-state index in [1.807, 2.05) is 24.3 Å². The minimum absolute atomic E-state index is 0.226. The maximum absolute atomic E-state index is 10.8. The first-order chi connectivity index (χ1) is 15.5. The zero-order valence-corrected chi connectivity index (χ0v) is 21.2. The quantitative estimate of drug-likeness (QED) is 0.519. The van der Waals surface area contributed by atoms with Crippen molar-refractivity contribution in [2.45, 2.75) is 6.54 Å². The second kappa shape index (κ2) is 12.2. The number of phenols is 1. The Bertz CT molecular complexity index is 972. The molecule has 0 bridgehead atoms. The van der Waals surface area contributed by atoms with E-state index in [2.05, 4.69) is 66.1 Å². The van der Waals surface area contributed by atoms with Crippen LogP contribution in [0.2, 0.25) is 0 Å². The van der Waals surface area contributed by atoms with Crippen molar-refractivity contribution < 1.29 is 24.9 Å². The van der Waals surface area contributed by atoms with E-state index in [9.17, 15) is 5.11 Å². The molecule has 2 heterocycles. The van der Waals surface area contributed by atoms with E-state index in [1.54, 1.807) is 18.4 Å². The number of aromatic hydroxyl groups is 1. The van der Waals surface area contributed by atoms with E-state index in [4.69, 9.17) is 9.72 Å². The summed E-state index contributed by atoms with van der Waals surface area (Å²) in [5.74, 6) is 0.726. The van der Waals surface area contributed by atoms with Gasteiger partial charge in [0, 0.05) is 56.9 Å². The predicted octanol–water partition coefficient (Wildman–Crippen LogP) is 4.04. The Morgan fingerprint density at radius 1 is 1.03 bits per heavy atom. The predicted molar refractivity (Wildman–Crippen MR) is 129 cm³/mol. The second-order valence-corrected chi connectivity index (χ2v) is 9.09. The van der Waals surface area contributed by atoms with E-state index in [1.165, 1.54) is 0 Å². The number of nitrogens with zero attached hydrogens (tertiary/aromatic N) is 4. The molecule has 0 amide bonds. The number of benzene rings is 2. The van der Waals surface area contributed by atoms with Crippen LogP contribution >= 0.6 is 21.4 Å². The van der Waals surface area contributed by atoms with Crippen molar-refractivity contribution in [3.05, 3.63) is 42.0 Å². The van der Waals surface area contributed by atoms with Gasteiger partial charge in [0.2, 0.25) is 0 Å². The van der Waals surface area contributed by atoms with Crippen LogP contribution in [0.25, 0.3) is 20.8 Å². The molecule has 1 N–H and O–H groups in total. The van der Waals surface area contributed by atoms with Gasteiger partial charge in [0.25, 0.3) is 0 Å². The van der Waals surface area contributed by atoms with Crippen molar-refractivity contribution in [1.29, 1.82) is 0 Å². The Hall–Kier alpha value is -1.38. The van der Waals surface area contributed by atoms with Crippen molar-refractivity contribution in [3.8, 4) is 22.1 Å². The molecule has 1 aromatic heterocycles. The van der Waals surface area contributed by atoms with Crippen molar-refractivity contribution in [1.82, 2.24) is 19.7 Å². The Morgan fingerprint density at radius 3 is 2.28 bits per heavy atom. The Kier molecular flexibility index (Phi) is 9.61. The number of methoxy groups -OCH3 is 1. The molecule has 3 aromatic rings. The van der Waals surface area contributed by atoms with Gasteiger partial charge in [0.1, 0.15) is 5.01 Å².